The van der Waals surface area contributed by atoms with Crippen molar-refractivity contribution in [3.63, 3.8) is 0 Å². The summed E-state index contributed by atoms with van der Waals surface area (Å²) in [4.78, 5) is 1.05. The summed E-state index contributed by atoms with van der Waals surface area (Å²) in [5.41, 5.74) is 6.11. The van der Waals surface area contributed by atoms with E-state index >= 15 is 0 Å². The van der Waals surface area contributed by atoms with Crippen molar-refractivity contribution >= 4 is 11.8 Å². The molecule has 18 heavy (non-hydrogen) atoms. The van der Waals surface area contributed by atoms with E-state index in [-0.39, 0.29) is 6.54 Å². The Bertz CT molecular complexity index is 371. The van der Waals surface area contributed by atoms with Gasteiger partial charge in [-0.2, -0.15) is 0 Å². The van der Waals surface area contributed by atoms with Crippen LogP contribution in [0.1, 0.15) is 25.5 Å². The van der Waals surface area contributed by atoms with Crippen LogP contribution in [0.5, 0.6) is 11.5 Å². The molecule has 0 radical (unpaired) electrons. The summed E-state index contributed by atoms with van der Waals surface area (Å²) in [5, 5.41) is 10.4. The number of nitrogens with two attached hydrogens (primary N) is 1. The number of benzene rings is 1. The largest absolute Gasteiger partial charge is 0.496 e. The van der Waals surface area contributed by atoms with Crippen molar-refractivity contribution in [3.05, 3.63) is 17.7 Å². The highest BCUT2D eigenvalue weighted by Crippen LogP contribution is 2.39. The van der Waals surface area contributed by atoms with Gasteiger partial charge in [-0.3, -0.25) is 0 Å². The molecular weight excluding hydrogens is 250 g/mol. The maximum atomic E-state index is 9.93. The van der Waals surface area contributed by atoms with E-state index in [0.717, 1.165) is 4.90 Å². The maximum Gasteiger partial charge on any atom is 0.129 e. The Kier molecular flexibility index (Phi) is 5.78. The molecule has 0 fully saturated rings. The molecule has 1 rings (SSSR count). The van der Waals surface area contributed by atoms with Gasteiger partial charge in [0.2, 0.25) is 0 Å². The second-order valence-electron chi connectivity index (χ2n) is 4.16. The first-order valence-corrected chi connectivity index (χ1v) is 6.72. The number of thioether (sulfide) groups is 1. The lowest BCUT2D eigenvalue weighted by atomic mass is 10.1. The highest BCUT2D eigenvalue weighted by atomic mass is 32.2. The fourth-order valence-corrected chi connectivity index (χ4v) is 2.60. The van der Waals surface area contributed by atoms with Crippen molar-refractivity contribution in [3.8, 4) is 11.5 Å². The Hall–Kier alpha value is -0.910. The minimum absolute atomic E-state index is 0.128. The number of methoxy groups -OCH3 is 2. The zero-order chi connectivity index (χ0) is 13.7. The first-order chi connectivity index (χ1) is 8.53. The van der Waals surface area contributed by atoms with Crippen LogP contribution < -0.4 is 15.2 Å². The van der Waals surface area contributed by atoms with E-state index in [0.29, 0.717) is 22.3 Å². The van der Waals surface area contributed by atoms with Crippen LogP contribution in [0.25, 0.3) is 0 Å². The SMILES string of the molecule is COc1cc(SC(C)C)cc(OC)c1C(O)CN. The Morgan fingerprint density at radius 2 is 1.72 bits per heavy atom. The zero-order valence-corrected chi connectivity index (χ0v) is 12.1. The van der Waals surface area contributed by atoms with E-state index in [9.17, 15) is 5.11 Å². The lowest BCUT2D eigenvalue weighted by Gasteiger charge is -2.18. The Morgan fingerprint density at radius 3 is 2.06 bits per heavy atom. The topological polar surface area (TPSA) is 64.7 Å². The van der Waals surface area contributed by atoms with Crippen molar-refractivity contribution in [1.29, 1.82) is 0 Å². The maximum absolute atomic E-state index is 9.93. The zero-order valence-electron chi connectivity index (χ0n) is 11.3. The highest BCUT2D eigenvalue weighted by Gasteiger charge is 2.19. The Labute approximate surface area is 112 Å². The molecular formula is C13H21NO3S. The molecule has 3 N–H and O–H groups in total. The number of rotatable bonds is 6. The molecule has 0 aliphatic carbocycles. The van der Waals surface area contributed by atoms with Crippen LogP contribution in [0.3, 0.4) is 0 Å². The van der Waals surface area contributed by atoms with Crippen LogP contribution in [0, 0.1) is 0 Å². The lowest BCUT2D eigenvalue weighted by Crippen LogP contribution is -2.14. The first-order valence-electron chi connectivity index (χ1n) is 5.84. The molecule has 1 unspecified atom stereocenters. The van der Waals surface area contributed by atoms with Crippen LogP contribution in [-0.2, 0) is 0 Å². The average molecular weight is 271 g/mol. The number of ether oxygens (including phenoxy) is 2. The second-order valence-corrected chi connectivity index (χ2v) is 5.81. The predicted molar refractivity (Wildman–Crippen MR) is 74.6 cm³/mol. The summed E-state index contributed by atoms with van der Waals surface area (Å²) in [7, 11) is 3.15. The molecule has 0 saturated carbocycles. The Morgan fingerprint density at radius 1 is 1.22 bits per heavy atom. The molecule has 1 atom stereocenters. The summed E-state index contributed by atoms with van der Waals surface area (Å²) in [6.07, 6.45) is -0.784. The van der Waals surface area contributed by atoms with Crippen molar-refractivity contribution in [2.75, 3.05) is 20.8 Å². The number of hydrogen-bond donors (Lipinski definition) is 2. The molecule has 4 nitrogen and oxygen atoms in total. The molecule has 0 bridgehead atoms. The van der Waals surface area contributed by atoms with E-state index in [1.54, 1.807) is 26.0 Å². The van der Waals surface area contributed by atoms with Gasteiger partial charge in [-0.15, -0.1) is 11.8 Å². The lowest BCUT2D eigenvalue weighted by molar-refractivity contribution is 0.177. The molecule has 1 aromatic rings. The smallest absolute Gasteiger partial charge is 0.129 e. The summed E-state index contributed by atoms with van der Waals surface area (Å²) in [6, 6.07) is 3.81. The molecule has 5 heteroatoms. The molecule has 0 amide bonds. The van der Waals surface area contributed by atoms with Crippen LogP contribution in [-0.4, -0.2) is 31.1 Å². The van der Waals surface area contributed by atoms with Crippen molar-refractivity contribution in [1.82, 2.24) is 0 Å². The Balaban J connectivity index is 3.25. The summed E-state index contributed by atoms with van der Waals surface area (Å²) in [5.74, 6) is 1.21. The monoisotopic (exact) mass is 271 g/mol. The summed E-state index contributed by atoms with van der Waals surface area (Å²) in [6.45, 7) is 4.36. The van der Waals surface area contributed by atoms with Gasteiger partial charge >= 0.3 is 0 Å². The summed E-state index contributed by atoms with van der Waals surface area (Å²) >= 11 is 1.71. The quantitative estimate of drug-likeness (QED) is 0.777. The first kappa shape index (κ1) is 15.1. The van der Waals surface area contributed by atoms with E-state index in [2.05, 4.69) is 13.8 Å². The third-order valence-electron chi connectivity index (χ3n) is 2.45. The molecule has 0 heterocycles. The molecule has 0 saturated heterocycles. The van der Waals surface area contributed by atoms with Crippen LogP contribution in [0.15, 0.2) is 17.0 Å². The predicted octanol–water partition coefficient (Wildman–Crippen LogP) is 2.20. The van der Waals surface area contributed by atoms with Crippen molar-refractivity contribution in [2.24, 2.45) is 5.73 Å². The van der Waals surface area contributed by atoms with Gasteiger partial charge in [0.25, 0.3) is 0 Å². The van der Waals surface area contributed by atoms with Crippen molar-refractivity contribution in [2.45, 2.75) is 30.1 Å². The number of aliphatic hydroxyl groups excluding tert-OH is 1. The van der Waals surface area contributed by atoms with Gasteiger partial charge in [0.05, 0.1) is 25.9 Å². The normalized spacial score (nSPS) is 12.6. The minimum atomic E-state index is -0.784. The van der Waals surface area contributed by atoms with Gasteiger partial charge in [-0.05, 0) is 12.1 Å². The van der Waals surface area contributed by atoms with Gasteiger partial charge in [0.15, 0.2) is 0 Å². The third kappa shape index (κ3) is 3.54. The van der Waals surface area contributed by atoms with Gasteiger partial charge in [0.1, 0.15) is 11.5 Å². The molecule has 0 spiro atoms. The van der Waals surface area contributed by atoms with E-state index in [1.807, 2.05) is 12.1 Å². The standard InChI is InChI=1S/C13H21NO3S/c1-8(2)18-9-5-11(16-3)13(10(15)7-14)12(6-9)17-4/h5-6,8,10,15H,7,14H2,1-4H3. The van der Waals surface area contributed by atoms with Crippen LogP contribution >= 0.6 is 11.8 Å². The molecule has 1 aromatic carbocycles. The fraction of sp³-hybridized carbons (Fsp3) is 0.538. The van der Waals surface area contributed by atoms with Crippen LogP contribution in [0.2, 0.25) is 0 Å². The van der Waals surface area contributed by atoms with E-state index in [1.165, 1.54) is 0 Å². The van der Waals surface area contributed by atoms with Gasteiger partial charge < -0.3 is 20.3 Å². The second kappa shape index (κ2) is 6.87. The highest BCUT2D eigenvalue weighted by molar-refractivity contribution is 7.99. The van der Waals surface area contributed by atoms with E-state index < -0.39 is 6.10 Å². The third-order valence-corrected chi connectivity index (χ3v) is 3.42. The molecule has 0 aliphatic rings. The molecule has 102 valence electrons. The molecule has 0 aromatic heterocycles. The van der Waals surface area contributed by atoms with Crippen LogP contribution in [0.4, 0.5) is 0 Å². The fourth-order valence-electron chi connectivity index (χ4n) is 1.70. The number of hydrogen-bond acceptors (Lipinski definition) is 5. The molecule has 0 aliphatic heterocycles. The minimum Gasteiger partial charge on any atom is -0.496 e. The van der Waals surface area contributed by atoms with Gasteiger partial charge in [-0.25, -0.2) is 0 Å². The van der Waals surface area contributed by atoms with E-state index in [4.69, 9.17) is 15.2 Å². The van der Waals surface area contributed by atoms with Gasteiger partial charge in [-0.1, -0.05) is 13.8 Å². The number of aliphatic hydroxyl groups is 1. The average Bonchev–Trinajstić information content (AvgIpc) is 2.35. The van der Waals surface area contributed by atoms with Crippen molar-refractivity contribution < 1.29 is 14.6 Å². The van der Waals surface area contributed by atoms with Gasteiger partial charge in [0, 0.05) is 16.7 Å². The summed E-state index contributed by atoms with van der Waals surface area (Å²) < 4.78 is 10.6.